The second-order valence-corrected chi connectivity index (χ2v) is 6.84. The Morgan fingerprint density at radius 3 is 1.58 bits per heavy atom. The third-order valence-corrected chi connectivity index (χ3v) is 3.34. The molecule has 10 nitrogen and oxygen atoms in total. The molecule has 1 heterocycles. The van der Waals surface area contributed by atoms with Gasteiger partial charge in [-0.25, -0.2) is 24.4 Å². The summed E-state index contributed by atoms with van der Waals surface area (Å²) in [5.41, 5.74) is 3.11. The Balaban J connectivity index is 0.000000311. The van der Waals surface area contributed by atoms with Crippen molar-refractivity contribution in [3.63, 3.8) is 0 Å². The summed E-state index contributed by atoms with van der Waals surface area (Å²) in [6.45, 7) is 3.97. The van der Waals surface area contributed by atoms with E-state index in [9.17, 15) is 27.6 Å². The van der Waals surface area contributed by atoms with Crippen LogP contribution in [0.15, 0.2) is 30.6 Å². The molecule has 1 aromatic heterocycles. The molecule has 0 unspecified atom stereocenters. The first-order valence-electron chi connectivity index (χ1n) is 8.37. The molecule has 0 saturated carbocycles. The number of halogens is 3. The summed E-state index contributed by atoms with van der Waals surface area (Å²) in [7, 11) is 0. The van der Waals surface area contributed by atoms with Crippen LogP contribution in [0.25, 0.3) is 0 Å². The van der Waals surface area contributed by atoms with E-state index in [2.05, 4.69) is 15.3 Å². The van der Waals surface area contributed by atoms with E-state index >= 15 is 0 Å². The molecule has 0 fully saturated rings. The minimum absolute atomic E-state index is 0.270. The number of hydrogen-bond donors (Lipinski definition) is 5. The fraction of sp³-hybridized carbons (Fsp3) is 0.278. The molecule has 31 heavy (non-hydrogen) atoms. The third-order valence-electron chi connectivity index (χ3n) is 3.34. The molecule has 0 amide bonds. The number of carbonyl (C=O) groups is 3. The van der Waals surface area contributed by atoms with Crippen molar-refractivity contribution in [1.82, 2.24) is 9.97 Å². The second kappa shape index (κ2) is 9.84. The van der Waals surface area contributed by atoms with Gasteiger partial charge in [-0.05, 0) is 32.0 Å². The van der Waals surface area contributed by atoms with Crippen LogP contribution in [0.1, 0.15) is 50.6 Å². The minimum Gasteiger partial charge on any atom is -0.478 e. The first kappa shape index (κ1) is 25.3. The fourth-order valence-electron chi connectivity index (χ4n) is 1.88. The highest BCUT2D eigenvalue weighted by Gasteiger charge is 2.32. The van der Waals surface area contributed by atoms with Crippen LogP contribution < -0.4 is 11.1 Å². The van der Waals surface area contributed by atoms with Crippen LogP contribution in [0, 0.1) is 0 Å². The van der Waals surface area contributed by atoms with Crippen LogP contribution in [-0.2, 0) is 6.18 Å². The number of hydrogen-bond acceptors (Lipinski definition) is 7. The molecule has 0 aliphatic carbocycles. The zero-order valence-electron chi connectivity index (χ0n) is 16.3. The van der Waals surface area contributed by atoms with Crippen LogP contribution in [0.4, 0.5) is 19.0 Å². The second-order valence-electron chi connectivity index (χ2n) is 6.84. The van der Waals surface area contributed by atoms with Crippen molar-refractivity contribution in [3.05, 3.63) is 53.0 Å². The third kappa shape index (κ3) is 8.65. The molecule has 2 aromatic rings. The van der Waals surface area contributed by atoms with Gasteiger partial charge in [0.1, 0.15) is 5.82 Å². The molecular weight excluding hydrogens is 425 g/mol. The Kier molecular flexibility index (Phi) is 8.03. The number of nitrogens with two attached hydrogens (primary N) is 1. The fourth-order valence-corrected chi connectivity index (χ4v) is 1.88. The Bertz CT molecular complexity index is 877. The molecule has 2 rings (SSSR count). The summed E-state index contributed by atoms with van der Waals surface area (Å²) < 4.78 is 36.5. The van der Waals surface area contributed by atoms with Gasteiger partial charge in [-0.3, -0.25) is 0 Å². The first-order chi connectivity index (χ1) is 14.1. The summed E-state index contributed by atoms with van der Waals surface area (Å²) >= 11 is 0. The number of nitrogens with zero attached hydrogens (tertiary/aromatic N) is 2. The highest BCUT2D eigenvalue weighted by molar-refractivity contribution is 5.98. The molecule has 6 N–H and O–H groups in total. The SMILES string of the molecule is CC(C)(N)CNc1cnc(C(F)(F)F)cn1.O=C(O)c1cc(C(=O)O)cc(C(=O)O)c1. The van der Waals surface area contributed by atoms with Crippen molar-refractivity contribution in [2.45, 2.75) is 25.6 Å². The predicted molar refractivity (Wildman–Crippen MR) is 101 cm³/mol. The normalized spacial score (nSPS) is 11.2. The smallest absolute Gasteiger partial charge is 0.434 e. The van der Waals surface area contributed by atoms with E-state index in [-0.39, 0.29) is 22.5 Å². The lowest BCUT2D eigenvalue weighted by molar-refractivity contribution is -0.141. The Morgan fingerprint density at radius 2 is 1.32 bits per heavy atom. The van der Waals surface area contributed by atoms with E-state index in [0.29, 0.717) is 12.7 Å². The van der Waals surface area contributed by atoms with E-state index in [1.807, 2.05) is 0 Å². The van der Waals surface area contributed by atoms with Gasteiger partial charge >= 0.3 is 24.1 Å². The molecule has 0 atom stereocenters. The van der Waals surface area contributed by atoms with Crippen LogP contribution in [0.5, 0.6) is 0 Å². The highest BCUT2D eigenvalue weighted by atomic mass is 19.4. The van der Waals surface area contributed by atoms with Gasteiger partial charge in [-0.15, -0.1) is 0 Å². The van der Waals surface area contributed by atoms with Crippen LogP contribution in [-0.4, -0.2) is 55.3 Å². The van der Waals surface area contributed by atoms with E-state index < -0.39 is 35.3 Å². The molecule has 168 valence electrons. The van der Waals surface area contributed by atoms with Crippen molar-refractivity contribution in [3.8, 4) is 0 Å². The quantitative estimate of drug-likeness (QED) is 0.445. The van der Waals surface area contributed by atoms with Crippen molar-refractivity contribution in [2.75, 3.05) is 11.9 Å². The van der Waals surface area contributed by atoms with Crippen LogP contribution in [0.3, 0.4) is 0 Å². The minimum atomic E-state index is -4.46. The lowest BCUT2D eigenvalue weighted by atomic mass is 10.1. The van der Waals surface area contributed by atoms with Gasteiger partial charge in [0.05, 0.1) is 29.1 Å². The van der Waals surface area contributed by atoms with Crippen molar-refractivity contribution >= 4 is 23.7 Å². The molecule has 0 aliphatic rings. The number of alkyl halides is 3. The molecule has 0 radical (unpaired) electrons. The molecule has 0 bridgehead atoms. The highest BCUT2D eigenvalue weighted by Crippen LogP contribution is 2.26. The lowest BCUT2D eigenvalue weighted by Crippen LogP contribution is -2.39. The average molecular weight is 444 g/mol. The molecule has 0 saturated heterocycles. The number of aromatic nitrogens is 2. The van der Waals surface area contributed by atoms with Gasteiger partial charge in [0.2, 0.25) is 0 Å². The maximum Gasteiger partial charge on any atom is 0.434 e. The summed E-state index contributed by atoms with van der Waals surface area (Å²) in [4.78, 5) is 38.6. The van der Waals surface area contributed by atoms with Crippen molar-refractivity contribution < 1.29 is 42.9 Å². The van der Waals surface area contributed by atoms with Crippen LogP contribution >= 0.6 is 0 Å². The molecule has 13 heteroatoms. The van der Waals surface area contributed by atoms with Gasteiger partial charge in [-0.1, -0.05) is 0 Å². The lowest BCUT2D eigenvalue weighted by Gasteiger charge is -2.19. The predicted octanol–water partition coefficient (Wildman–Crippen LogP) is 2.43. The Morgan fingerprint density at radius 1 is 0.903 bits per heavy atom. The zero-order valence-corrected chi connectivity index (χ0v) is 16.3. The van der Waals surface area contributed by atoms with Gasteiger partial charge < -0.3 is 26.4 Å². The monoisotopic (exact) mass is 444 g/mol. The number of carboxylic acids is 3. The van der Waals surface area contributed by atoms with Crippen molar-refractivity contribution in [1.29, 1.82) is 0 Å². The van der Waals surface area contributed by atoms with Gasteiger partial charge in [0.15, 0.2) is 5.69 Å². The van der Waals surface area contributed by atoms with Gasteiger partial charge in [0, 0.05) is 12.1 Å². The average Bonchev–Trinajstić information content (AvgIpc) is 2.65. The number of aromatic carboxylic acids is 3. The largest absolute Gasteiger partial charge is 0.478 e. The molecule has 1 aromatic carbocycles. The first-order valence-corrected chi connectivity index (χ1v) is 8.37. The molecular formula is C18H19F3N4O6. The van der Waals surface area contributed by atoms with E-state index in [0.717, 1.165) is 24.4 Å². The van der Waals surface area contributed by atoms with E-state index in [4.69, 9.17) is 21.1 Å². The maximum atomic E-state index is 12.2. The standard InChI is InChI=1S/C9H13F3N4.C9H6O6/c1-8(2,13)5-16-7-4-14-6(3-15-7)9(10,11)12;10-7(11)4-1-5(8(12)13)3-6(2-4)9(14)15/h3-4H,5,13H2,1-2H3,(H,15,16);1-3H,(H,10,11)(H,12,13)(H,14,15). The van der Waals surface area contributed by atoms with Gasteiger partial charge in [0.25, 0.3) is 0 Å². The molecule has 0 aliphatic heterocycles. The Labute approximate surface area is 173 Å². The van der Waals surface area contributed by atoms with E-state index in [1.165, 1.54) is 0 Å². The number of nitrogens with one attached hydrogen (secondary N) is 1. The number of carboxylic acid groups (broad SMARTS) is 3. The summed E-state index contributed by atoms with van der Waals surface area (Å²) in [5.74, 6) is -3.85. The number of benzene rings is 1. The van der Waals surface area contributed by atoms with Gasteiger partial charge in [-0.2, -0.15) is 13.2 Å². The summed E-state index contributed by atoms with van der Waals surface area (Å²) in [6.07, 6.45) is -2.74. The Hall–Kier alpha value is -3.74. The maximum absolute atomic E-state index is 12.2. The number of anilines is 1. The van der Waals surface area contributed by atoms with Crippen molar-refractivity contribution in [2.24, 2.45) is 5.73 Å². The topological polar surface area (TPSA) is 176 Å². The zero-order chi connectivity index (χ0) is 24.0. The van der Waals surface area contributed by atoms with E-state index in [1.54, 1.807) is 13.8 Å². The summed E-state index contributed by atoms with van der Waals surface area (Å²) in [6, 6.07) is 2.70. The summed E-state index contributed by atoms with van der Waals surface area (Å²) in [5, 5.41) is 28.6. The molecule has 0 spiro atoms. The van der Waals surface area contributed by atoms with Crippen LogP contribution in [0.2, 0.25) is 0 Å². The number of rotatable bonds is 6.